The molecule has 1 saturated heterocycles. The van der Waals surface area contributed by atoms with Gasteiger partial charge in [-0.25, -0.2) is 19.3 Å². The highest BCUT2D eigenvalue weighted by atomic mass is 19.1. The number of hydrogen-bond acceptors (Lipinski definition) is 12. The van der Waals surface area contributed by atoms with Crippen molar-refractivity contribution in [1.82, 2.24) is 30.2 Å². The summed E-state index contributed by atoms with van der Waals surface area (Å²) < 4.78 is 31.3. The normalized spacial score (nSPS) is 13.5. The van der Waals surface area contributed by atoms with Gasteiger partial charge in [0.2, 0.25) is 11.9 Å². The van der Waals surface area contributed by atoms with Crippen molar-refractivity contribution in [3.63, 3.8) is 0 Å². The Morgan fingerprint density at radius 1 is 0.847 bits per heavy atom. The zero-order valence-corrected chi connectivity index (χ0v) is 33.2. The molecule has 302 valence electrons. The summed E-state index contributed by atoms with van der Waals surface area (Å²) in [4.78, 5) is 43.6. The Morgan fingerprint density at radius 2 is 1.54 bits per heavy atom. The summed E-state index contributed by atoms with van der Waals surface area (Å²) in [7, 11) is 3.31. The molecule has 1 N–H and O–H groups in total. The highest BCUT2D eigenvalue weighted by molar-refractivity contribution is 5.95. The molecule has 1 fully saturated rings. The number of anilines is 4. The highest BCUT2D eigenvalue weighted by Gasteiger charge is 2.31. The summed E-state index contributed by atoms with van der Waals surface area (Å²) in [5.74, 6) is 3.14. The third kappa shape index (κ3) is 9.07. The van der Waals surface area contributed by atoms with E-state index in [-0.39, 0.29) is 5.91 Å². The van der Waals surface area contributed by atoms with Crippen LogP contribution >= 0.6 is 0 Å². The molecule has 0 radical (unpaired) electrons. The van der Waals surface area contributed by atoms with E-state index in [1.807, 2.05) is 84.0 Å². The number of fused-ring (bicyclic) bond motifs is 1. The molecule has 1 amide bonds. The molecule has 0 unspecified atom stereocenters. The molecule has 8 rings (SSSR count). The van der Waals surface area contributed by atoms with Gasteiger partial charge in [-0.15, -0.1) is 0 Å². The monoisotopic (exact) mass is 795 g/mol. The lowest BCUT2D eigenvalue weighted by Crippen LogP contribution is -2.37. The van der Waals surface area contributed by atoms with Crippen LogP contribution in [0.25, 0.3) is 11.3 Å². The number of ether oxygens (including phenoxy) is 3. The first-order valence-electron chi connectivity index (χ1n) is 19.7. The SMILES string of the molecule is COc1ccc(CN(Cc2ccc(OC)cc2)c2ncc(-c3nc(N4CCOCC4)nc4c3CCN4c3ccc(C(=O)NCCc4cccnc4)cc3CF)cn2)cc1. The predicted molar refractivity (Wildman–Crippen MR) is 224 cm³/mol. The molecule has 3 aromatic carbocycles. The zero-order valence-electron chi connectivity index (χ0n) is 33.2. The van der Waals surface area contributed by atoms with Crippen LogP contribution in [0.3, 0.4) is 0 Å². The third-order valence-electron chi connectivity index (χ3n) is 10.6. The maximum Gasteiger partial charge on any atom is 0.251 e. The van der Waals surface area contributed by atoms with Crippen LogP contribution in [0.15, 0.2) is 104 Å². The summed E-state index contributed by atoms with van der Waals surface area (Å²) in [5, 5.41) is 2.95. The summed E-state index contributed by atoms with van der Waals surface area (Å²) in [6, 6.07) is 25.0. The first-order valence-corrected chi connectivity index (χ1v) is 19.7. The fourth-order valence-corrected chi connectivity index (χ4v) is 7.39. The first-order chi connectivity index (χ1) is 29.0. The Hall–Kier alpha value is -6.67. The van der Waals surface area contributed by atoms with Gasteiger partial charge in [0.1, 0.15) is 24.0 Å². The number of pyridine rings is 1. The molecule has 5 heterocycles. The molecule has 2 aliphatic rings. The fourth-order valence-electron chi connectivity index (χ4n) is 7.39. The minimum atomic E-state index is -0.745. The number of benzene rings is 3. The van der Waals surface area contributed by atoms with E-state index in [0.29, 0.717) is 99.9 Å². The largest absolute Gasteiger partial charge is 0.497 e. The van der Waals surface area contributed by atoms with Gasteiger partial charge in [-0.1, -0.05) is 30.3 Å². The predicted octanol–water partition coefficient (Wildman–Crippen LogP) is 6.53. The van der Waals surface area contributed by atoms with Crippen molar-refractivity contribution in [3.05, 3.63) is 137 Å². The van der Waals surface area contributed by atoms with Crippen molar-refractivity contribution in [1.29, 1.82) is 0 Å². The van der Waals surface area contributed by atoms with Crippen LogP contribution in [0.5, 0.6) is 11.5 Å². The number of carbonyl (C=O) groups is 1. The molecule has 59 heavy (non-hydrogen) atoms. The number of nitrogens with zero attached hydrogens (tertiary/aromatic N) is 8. The van der Waals surface area contributed by atoms with Crippen LogP contribution in [0.4, 0.5) is 27.8 Å². The second-order valence-electron chi connectivity index (χ2n) is 14.3. The van der Waals surface area contributed by atoms with Crippen LogP contribution in [0, 0.1) is 0 Å². The van der Waals surface area contributed by atoms with Gasteiger partial charge in [0.25, 0.3) is 5.91 Å². The van der Waals surface area contributed by atoms with Gasteiger partial charge >= 0.3 is 0 Å². The maximum absolute atomic E-state index is 14.8. The van der Waals surface area contributed by atoms with Gasteiger partial charge in [-0.05, 0) is 78.1 Å². The van der Waals surface area contributed by atoms with Crippen molar-refractivity contribution in [2.45, 2.75) is 32.6 Å². The van der Waals surface area contributed by atoms with Gasteiger partial charge in [0, 0.05) is 92.0 Å². The quantitative estimate of drug-likeness (QED) is 0.121. The number of nitrogens with one attached hydrogen (secondary N) is 1. The molecule has 0 bridgehead atoms. The molecule has 0 atom stereocenters. The number of hydrogen-bond donors (Lipinski definition) is 1. The number of halogens is 1. The topological polar surface area (TPSA) is 131 Å². The molecular formula is C45H46FN9O4. The Bertz CT molecular complexity index is 2300. The maximum atomic E-state index is 14.8. The molecule has 14 heteroatoms. The number of amides is 1. The number of rotatable bonds is 15. The van der Waals surface area contributed by atoms with Gasteiger partial charge in [-0.2, -0.15) is 4.98 Å². The minimum absolute atomic E-state index is 0.258. The molecule has 13 nitrogen and oxygen atoms in total. The number of aromatic nitrogens is 5. The van der Waals surface area contributed by atoms with E-state index in [0.717, 1.165) is 45.0 Å². The lowest BCUT2D eigenvalue weighted by atomic mass is 10.1. The fraction of sp³-hybridized carbons (Fsp3) is 0.289. The molecule has 0 spiro atoms. The van der Waals surface area contributed by atoms with E-state index in [2.05, 4.69) is 20.1 Å². The van der Waals surface area contributed by atoms with Crippen molar-refractivity contribution in [3.8, 4) is 22.8 Å². The van der Waals surface area contributed by atoms with Crippen molar-refractivity contribution >= 4 is 29.3 Å². The van der Waals surface area contributed by atoms with Gasteiger partial charge in [0.05, 0.1) is 33.1 Å². The van der Waals surface area contributed by atoms with Crippen molar-refractivity contribution in [2.24, 2.45) is 0 Å². The summed E-state index contributed by atoms with van der Waals surface area (Å²) >= 11 is 0. The Balaban J connectivity index is 1.09. The van der Waals surface area contributed by atoms with E-state index in [9.17, 15) is 9.18 Å². The number of carbonyl (C=O) groups excluding carboxylic acids is 1. The van der Waals surface area contributed by atoms with Gasteiger partial charge < -0.3 is 34.2 Å². The first kappa shape index (κ1) is 39.2. The Labute approximate surface area is 342 Å². The molecule has 3 aromatic heterocycles. The van der Waals surface area contributed by atoms with E-state index >= 15 is 0 Å². The van der Waals surface area contributed by atoms with Crippen LogP contribution in [0.2, 0.25) is 0 Å². The average molecular weight is 796 g/mol. The molecule has 0 saturated carbocycles. The van der Waals surface area contributed by atoms with Crippen LogP contribution in [-0.4, -0.2) is 84.4 Å². The van der Waals surface area contributed by atoms with Crippen LogP contribution < -0.4 is 29.5 Å². The van der Waals surface area contributed by atoms with E-state index in [1.165, 1.54) is 0 Å². The van der Waals surface area contributed by atoms with Crippen molar-refractivity contribution < 1.29 is 23.4 Å². The molecule has 2 aliphatic heterocycles. The second-order valence-corrected chi connectivity index (χ2v) is 14.3. The average Bonchev–Trinajstić information content (AvgIpc) is 3.73. The zero-order chi connectivity index (χ0) is 40.6. The third-order valence-corrected chi connectivity index (χ3v) is 10.6. The Morgan fingerprint density at radius 3 is 2.17 bits per heavy atom. The van der Waals surface area contributed by atoms with E-state index < -0.39 is 6.67 Å². The van der Waals surface area contributed by atoms with Gasteiger partial charge in [-0.3, -0.25) is 9.78 Å². The highest BCUT2D eigenvalue weighted by Crippen LogP contribution is 2.41. The number of morpholine rings is 1. The molecule has 0 aliphatic carbocycles. The van der Waals surface area contributed by atoms with E-state index in [1.54, 1.807) is 38.7 Å². The number of methoxy groups -OCH3 is 2. The minimum Gasteiger partial charge on any atom is -0.497 e. The summed E-state index contributed by atoms with van der Waals surface area (Å²) in [5.41, 5.74) is 7.06. The van der Waals surface area contributed by atoms with Crippen molar-refractivity contribution in [2.75, 3.05) is 68.3 Å². The summed E-state index contributed by atoms with van der Waals surface area (Å²) in [6.45, 7) is 3.79. The standard InChI is InChI=1S/C45H46FN9O4/c1-57-37-10-5-32(6-11-37)29-54(30-33-7-12-38(58-2)13-8-33)44-49-27-36(28-50-44)41-39-16-19-55(42(39)52-45(51-41)53-20-22-59-23-21-53)40-14-9-34(24-35(40)25-46)43(56)48-18-15-31-4-3-17-47-26-31/h3-14,17,24,26-28H,15-16,18-23,25,29-30H2,1-2H3,(H,48,56). The molecular weight excluding hydrogens is 750 g/mol. The van der Waals surface area contributed by atoms with Crippen LogP contribution in [-0.2, 0) is 37.3 Å². The lowest BCUT2D eigenvalue weighted by molar-refractivity contribution is 0.0954. The van der Waals surface area contributed by atoms with Gasteiger partial charge in [0.15, 0.2) is 0 Å². The molecule has 6 aromatic rings. The Kier molecular flexibility index (Phi) is 12.1. The summed E-state index contributed by atoms with van der Waals surface area (Å²) in [6.07, 6.45) is 8.40. The lowest BCUT2D eigenvalue weighted by Gasteiger charge is -2.29. The smallest absolute Gasteiger partial charge is 0.251 e. The second kappa shape index (κ2) is 18.3. The van der Waals surface area contributed by atoms with Crippen LogP contribution in [0.1, 0.15) is 38.2 Å². The number of alkyl halides is 1. The van der Waals surface area contributed by atoms with E-state index in [4.69, 9.17) is 34.1 Å².